The Morgan fingerprint density at radius 3 is 2.43 bits per heavy atom. The van der Waals surface area contributed by atoms with Gasteiger partial charge in [-0.05, 0) is 36.2 Å². The maximum Gasteiger partial charge on any atom is 0.162 e. The molecule has 0 aromatic heterocycles. The molecule has 1 N–H and O–H groups in total. The summed E-state index contributed by atoms with van der Waals surface area (Å²) < 4.78 is 11.0. The van der Waals surface area contributed by atoms with Gasteiger partial charge in [-0.15, -0.1) is 0 Å². The van der Waals surface area contributed by atoms with Crippen molar-refractivity contribution >= 4 is 40.5 Å². The van der Waals surface area contributed by atoms with Crippen LogP contribution in [0.4, 0.5) is 5.69 Å². The fourth-order valence-electron chi connectivity index (χ4n) is 2.02. The zero-order valence-electron chi connectivity index (χ0n) is 13.0. The van der Waals surface area contributed by atoms with E-state index in [-0.39, 0.29) is 0 Å². The van der Waals surface area contributed by atoms with Gasteiger partial charge in [-0.25, -0.2) is 0 Å². The van der Waals surface area contributed by atoms with Crippen LogP contribution in [0.3, 0.4) is 0 Å². The Hall–Kier alpha value is -1.29. The summed E-state index contributed by atoms with van der Waals surface area (Å²) in [5.41, 5.74) is 1.68. The molecule has 2 aromatic carbocycles. The average Bonchev–Trinajstić information content (AvgIpc) is 2.53. The second-order valence-corrected chi connectivity index (χ2v) is 6.17. The van der Waals surface area contributed by atoms with E-state index in [1.807, 2.05) is 19.1 Å². The predicted octanol–water partition coefficient (Wildman–Crippen LogP) is 6.06. The number of hydrogen-bond donors (Lipinski definition) is 1. The second kappa shape index (κ2) is 8.53. The molecule has 124 valence electrons. The van der Waals surface area contributed by atoms with E-state index in [0.29, 0.717) is 39.7 Å². The van der Waals surface area contributed by atoms with Crippen molar-refractivity contribution in [1.29, 1.82) is 0 Å². The first kappa shape index (κ1) is 18.1. The molecule has 0 saturated heterocycles. The topological polar surface area (TPSA) is 30.5 Å². The number of nitrogens with one attached hydrogen (secondary N) is 1. The summed E-state index contributed by atoms with van der Waals surface area (Å²) in [7, 11) is 1.61. The van der Waals surface area contributed by atoms with Crippen LogP contribution in [0.2, 0.25) is 15.1 Å². The quantitative estimate of drug-likeness (QED) is 0.639. The van der Waals surface area contributed by atoms with Gasteiger partial charge in [0, 0.05) is 22.7 Å². The minimum atomic E-state index is 0.505. The Morgan fingerprint density at radius 2 is 1.78 bits per heavy atom. The molecule has 6 heteroatoms. The third kappa shape index (κ3) is 4.84. The fourth-order valence-corrected chi connectivity index (χ4v) is 2.72. The van der Waals surface area contributed by atoms with Crippen LogP contribution in [0.1, 0.15) is 18.9 Å². The van der Waals surface area contributed by atoms with Crippen molar-refractivity contribution in [2.45, 2.75) is 19.9 Å². The Morgan fingerprint density at radius 1 is 1.00 bits per heavy atom. The first-order valence-corrected chi connectivity index (χ1v) is 8.36. The van der Waals surface area contributed by atoms with Crippen molar-refractivity contribution in [3.05, 3.63) is 51.0 Å². The lowest BCUT2D eigenvalue weighted by Crippen LogP contribution is -2.03. The van der Waals surface area contributed by atoms with Crippen LogP contribution in [0.15, 0.2) is 30.3 Å². The molecule has 0 aliphatic heterocycles. The van der Waals surface area contributed by atoms with Crippen LogP contribution in [0.5, 0.6) is 11.5 Å². The molecule has 2 aromatic rings. The minimum Gasteiger partial charge on any atom is -0.493 e. The molecular formula is C17H18Cl3NO2. The van der Waals surface area contributed by atoms with Gasteiger partial charge in [-0.1, -0.05) is 41.7 Å². The van der Waals surface area contributed by atoms with Crippen molar-refractivity contribution < 1.29 is 9.47 Å². The highest BCUT2D eigenvalue weighted by Crippen LogP contribution is 2.34. The van der Waals surface area contributed by atoms with Gasteiger partial charge in [-0.2, -0.15) is 0 Å². The lowest BCUT2D eigenvalue weighted by Gasteiger charge is -2.15. The number of halogens is 3. The number of methoxy groups -OCH3 is 1. The van der Waals surface area contributed by atoms with Crippen LogP contribution >= 0.6 is 34.8 Å². The second-order valence-electron chi connectivity index (χ2n) is 4.92. The molecular weight excluding hydrogens is 357 g/mol. The Bertz CT molecular complexity index is 677. The van der Waals surface area contributed by atoms with Crippen LogP contribution in [0.25, 0.3) is 0 Å². The summed E-state index contributed by atoms with van der Waals surface area (Å²) in [6, 6.07) is 8.93. The maximum absolute atomic E-state index is 6.34. The lowest BCUT2D eigenvalue weighted by atomic mass is 10.2. The predicted molar refractivity (Wildman–Crippen MR) is 97.6 cm³/mol. The molecule has 0 bridgehead atoms. The van der Waals surface area contributed by atoms with Crippen molar-refractivity contribution in [3.63, 3.8) is 0 Å². The first-order chi connectivity index (χ1) is 11.0. The van der Waals surface area contributed by atoms with Gasteiger partial charge < -0.3 is 14.8 Å². The number of benzene rings is 2. The average molecular weight is 375 g/mol. The molecule has 0 spiro atoms. The van der Waals surface area contributed by atoms with E-state index < -0.39 is 0 Å². The third-order valence-electron chi connectivity index (χ3n) is 3.19. The molecule has 0 aliphatic rings. The van der Waals surface area contributed by atoms with E-state index >= 15 is 0 Å². The summed E-state index contributed by atoms with van der Waals surface area (Å²) in [5.74, 6) is 1.30. The molecule has 0 fully saturated rings. The zero-order chi connectivity index (χ0) is 16.8. The summed E-state index contributed by atoms with van der Waals surface area (Å²) in [6.07, 6.45) is 0.916. The summed E-state index contributed by atoms with van der Waals surface area (Å²) in [5, 5.41) is 5.00. The highest BCUT2D eigenvalue weighted by atomic mass is 35.5. The maximum atomic E-state index is 6.34. The van der Waals surface area contributed by atoms with Gasteiger partial charge in [0.05, 0.1) is 24.4 Å². The van der Waals surface area contributed by atoms with E-state index in [1.54, 1.807) is 25.3 Å². The highest BCUT2D eigenvalue weighted by molar-refractivity contribution is 6.36. The number of hydrogen-bond acceptors (Lipinski definition) is 3. The Balaban J connectivity index is 2.16. The minimum absolute atomic E-state index is 0.505. The molecule has 0 saturated carbocycles. The van der Waals surface area contributed by atoms with Gasteiger partial charge in [0.2, 0.25) is 0 Å². The fraction of sp³-hybridized carbons (Fsp3) is 0.294. The molecule has 2 rings (SSSR count). The zero-order valence-corrected chi connectivity index (χ0v) is 15.2. The van der Waals surface area contributed by atoms with E-state index in [1.165, 1.54) is 0 Å². The van der Waals surface area contributed by atoms with Gasteiger partial charge in [0.25, 0.3) is 0 Å². The highest BCUT2D eigenvalue weighted by Gasteiger charge is 2.11. The van der Waals surface area contributed by atoms with E-state index in [2.05, 4.69) is 5.32 Å². The van der Waals surface area contributed by atoms with Gasteiger partial charge in [0.1, 0.15) is 0 Å². The van der Waals surface area contributed by atoms with Gasteiger partial charge in [-0.3, -0.25) is 0 Å². The molecule has 0 amide bonds. The number of anilines is 1. The number of rotatable bonds is 7. The molecule has 3 nitrogen and oxygen atoms in total. The molecule has 0 unspecified atom stereocenters. The standard InChI is InChI=1S/C17H18Cl3NO2/c1-3-6-23-17-9-13(19)11(7-16(17)22-2)10-21-15-5-4-12(18)8-14(15)20/h4-5,7-9,21H,3,6,10H2,1-2H3. The normalized spacial score (nSPS) is 10.5. The van der Waals surface area contributed by atoms with Crippen molar-refractivity contribution in [2.75, 3.05) is 19.0 Å². The van der Waals surface area contributed by atoms with Gasteiger partial charge in [0.15, 0.2) is 11.5 Å². The Labute approximate surface area is 151 Å². The van der Waals surface area contributed by atoms with E-state index in [0.717, 1.165) is 17.7 Å². The SMILES string of the molecule is CCCOc1cc(Cl)c(CNc2ccc(Cl)cc2Cl)cc1OC. The molecule has 0 atom stereocenters. The summed E-state index contributed by atoms with van der Waals surface area (Å²) in [4.78, 5) is 0. The summed E-state index contributed by atoms with van der Waals surface area (Å²) in [6.45, 7) is 3.16. The van der Waals surface area contributed by atoms with Crippen molar-refractivity contribution in [1.82, 2.24) is 0 Å². The largest absolute Gasteiger partial charge is 0.493 e. The Kier molecular flexibility index (Phi) is 6.70. The van der Waals surface area contributed by atoms with Crippen LogP contribution in [0, 0.1) is 0 Å². The van der Waals surface area contributed by atoms with Crippen LogP contribution in [-0.2, 0) is 6.54 Å². The molecule has 0 aliphatic carbocycles. The first-order valence-electron chi connectivity index (χ1n) is 7.23. The summed E-state index contributed by atoms with van der Waals surface area (Å²) >= 11 is 18.4. The third-order valence-corrected chi connectivity index (χ3v) is 4.09. The van der Waals surface area contributed by atoms with Crippen LogP contribution < -0.4 is 14.8 Å². The van der Waals surface area contributed by atoms with Crippen LogP contribution in [-0.4, -0.2) is 13.7 Å². The molecule has 0 radical (unpaired) electrons. The van der Waals surface area contributed by atoms with Gasteiger partial charge >= 0.3 is 0 Å². The molecule has 23 heavy (non-hydrogen) atoms. The van der Waals surface area contributed by atoms with Crippen molar-refractivity contribution in [2.24, 2.45) is 0 Å². The van der Waals surface area contributed by atoms with E-state index in [4.69, 9.17) is 44.3 Å². The smallest absolute Gasteiger partial charge is 0.162 e. The van der Waals surface area contributed by atoms with Crippen molar-refractivity contribution in [3.8, 4) is 11.5 Å². The molecule has 0 heterocycles. The van der Waals surface area contributed by atoms with E-state index in [9.17, 15) is 0 Å². The monoisotopic (exact) mass is 373 g/mol. The lowest BCUT2D eigenvalue weighted by molar-refractivity contribution is 0.294. The number of ether oxygens (including phenoxy) is 2.